The summed E-state index contributed by atoms with van der Waals surface area (Å²) in [7, 11) is 0. The maximum atomic E-state index is 15.6. The number of benzene rings is 2. The van der Waals surface area contributed by atoms with Crippen LogP contribution in [0.3, 0.4) is 0 Å². The van der Waals surface area contributed by atoms with Gasteiger partial charge < -0.3 is 0 Å². The van der Waals surface area contributed by atoms with Crippen LogP contribution >= 0.6 is 0 Å². The van der Waals surface area contributed by atoms with Gasteiger partial charge in [-0.3, -0.25) is 0 Å². The molecular weight excluding hydrogens is 403 g/mol. The Hall–Kier alpha value is -1.63. The summed E-state index contributed by atoms with van der Waals surface area (Å²) in [6, 6.07) is 17.6. The molecule has 4 rings (SSSR count). The van der Waals surface area contributed by atoms with Gasteiger partial charge in [-0.1, -0.05) is 101 Å². The van der Waals surface area contributed by atoms with E-state index < -0.39 is 5.67 Å². The lowest BCUT2D eigenvalue weighted by Gasteiger charge is -2.34. The highest BCUT2D eigenvalue weighted by Crippen LogP contribution is 2.44. The molecular formula is C32H45F. The molecule has 2 aromatic rings. The van der Waals surface area contributed by atoms with E-state index in [1.165, 1.54) is 80.9 Å². The van der Waals surface area contributed by atoms with Crippen molar-refractivity contribution in [3.63, 3.8) is 0 Å². The Kier molecular flexibility index (Phi) is 8.67. The third-order valence-electron chi connectivity index (χ3n) is 8.77. The Morgan fingerprint density at radius 3 is 1.82 bits per heavy atom. The second-order valence-corrected chi connectivity index (χ2v) is 11.1. The summed E-state index contributed by atoms with van der Waals surface area (Å²) in [6.45, 7) is 4.54. The zero-order valence-electron chi connectivity index (χ0n) is 21.1. The van der Waals surface area contributed by atoms with E-state index in [2.05, 4.69) is 50.2 Å². The van der Waals surface area contributed by atoms with E-state index in [9.17, 15) is 0 Å². The van der Waals surface area contributed by atoms with Crippen LogP contribution in [-0.4, -0.2) is 0 Å². The predicted molar refractivity (Wildman–Crippen MR) is 140 cm³/mol. The summed E-state index contributed by atoms with van der Waals surface area (Å²) >= 11 is 0. The van der Waals surface area contributed by atoms with Gasteiger partial charge in [0.25, 0.3) is 0 Å². The van der Waals surface area contributed by atoms with Crippen LogP contribution < -0.4 is 0 Å². The molecule has 2 aliphatic rings. The predicted octanol–water partition coefficient (Wildman–Crippen LogP) is 10.4. The molecule has 0 N–H and O–H groups in total. The van der Waals surface area contributed by atoms with Gasteiger partial charge in [-0.25, -0.2) is 4.39 Å². The fourth-order valence-electron chi connectivity index (χ4n) is 6.50. The fraction of sp³-hybridized carbons (Fsp3) is 0.625. The first-order valence-corrected chi connectivity index (χ1v) is 14.0. The van der Waals surface area contributed by atoms with E-state index >= 15 is 4.39 Å². The summed E-state index contributed by atoms with van der Waals surface area (Å²) in [4.78, 5) is 0. The van der Waals surface area contributed by atoms with Gasteiger partial charge in [0.2, 0.25) is 0 Å². The topological polar surface area (TPSA) is 0 Å². The van der Waals surface area contributed by atoms with E-state index in [4.69, 9.17) is 0 Å². The third kappa shape index (κ3) is 6.28. The molecule has 0 unspecified atom stereocenters. The van der Waals surface area contributed by atoms with Gasteiger partial charge in [-0.05, 0) is 91.4 Å². The van der Waals surface area contributed by atoms with Gasteiger partial charge in [-0.15, -0.1) is 0 Å². The first-order valence-electron chi connectivity index (χ1n) is 14.0. The van der Waals surface area contributed by atoms with Gasteiger partial charge in [0, 0.05) is 0 Å². The Labute approximate surface area is 202 Å². The molecule has 33 heavy (non-hydrogen) atoms. The van der Waals surface area contributed by atoms with E-state index in [1.807, 2.05) is 12.1 Å². The van der Waals surface area contributed by atoms with Crippen molar-refractivity contribution in [3.8, 4) is 11.1 Å². The second-order valence-electron chi connectivity index (χ2n) is 11.1. The smallest absolute Gasteiger partial charge is 0.136 e. The van der Waals surface area contributed by atoms with E-state index in [-0.39, 0.29) is 0 Å². The van der Waals surface area contributed by atoms with Crippen LogP contribution in [0.15, 0.2) is 48.5 Å². The van der Waals surface area contributed by atoms with Gasteiger partial charge in [0.05, 0.1) is 0 Å². The van der Waals surface area contributed by atoms with Crippen molar-refractivity contribution in [1.82, 2.24) is 0 Å². The monoisotopic (exact) mass is 448 g/mol. The molecule has 2 aliphatic carbocycles. The number of unbranched alkanes of at least 4 members (excludes halogenated alkanes) is 2. The quantitative estimate of drug-likeness (QED) is 0.335. The second kappa shape index (κ2) is 11.7. The minimum Gasteiger partial charge on any atom is -0.239 e. The Bertz CT molecular complexity index is 818. The highest BCUT2D eigenvalue weighted by atomic mass is 19.1. The van der Waals surface area contributed by atoms with Crippen molar-refractivity contribution in [2.45, 2.75) is 115 Å². The van der Waals surface area contributed by atoms with Crippen molar-refractivity contribution >= 4 is 0 Å². The number of halogens is 1. The van der Waals surface area contributed by atoms with Crippen molar-refractivity contribution in [1.29, 1.82) is 0 Å². The minimum atomic E-state index is -1.12. The first kappa shape index (κ1) is 24.5. The van der Waals surface area contributed by atoms with E-state index in [0.717, 1.165) is 36.2 Å². The zero-order chi connectivity index (χ0) is 23.1. The lowest BCUT2D eigenvalue weighted by atomic mass is 9.75. The van der Waals surface area contributed by atoms with Crippen LogP contribution in [0, 0.1) is 11.8 Å². The van der Waals surface area contributed by atoms with Crippen molar-refractivity contribution < 1.29 is 4.39 Å². The number of alkyl halides is 1. The SMILES string of the molecule is CCCCCC1CCC(c2ccc(-c3ccc(C4(F)CCC(CCC)CC4)cc3)cc2)CC1. The molecule has 180 valence electrons. The normalized spacial score (nSPS) is 28.0. The Morgan fingerprint density at radius 1 is 0.667 bits per heavy atom. The highest BCUT2D eigenvalue weighted by molar-refractivity contribution is 5.64. The average molecular weight is 449 g/mol. The number of rotatable bonds is 9. The molecule has 1 heteroatoms. The molecule has 0 heterocycles. The molecule has 0 spiro atoms. The molecule has 0 amide bonds. The van der Waals surface area contributed by atoms with E-state index in [1.54, 1.807) is 0 Å². The average Bonchev–Trinajstić information content (AvgIpc) is 2.87. The van der Waals surface area contributed by atoms with Gasteiger partial charge >= 0.3 is 0 Å². The van der Waals surface area contributed by atoms with Crippen LogP contribution in [0.4, 0.5) is 4.39 Å². The fourth-order valence-corrected chi connectivity index (χ4v) is 6.50. The first-order chi connectivity index (χ1) is 16.1. The largest absolute Gasteiger partial charge is 0.239 e. The van der Waals surface area contributed by atoms with Crippen LogP contribution in [0.25, 0.3) is 11.1 Å². The minimum absolute atomic E-state index is 0.687. The number of hydrogen-bond donors (Lipinski definition) is 0. The summed E-state index contributed by atoms with van der Waals surface area (Å²) in [6.07, 6.45) is 17.0. The lowest BCUT2D eigenvalue weighted by Crippen LogP contribution is -2.27. The molecule has 2 aromatic carbocycles. The zero-order valence-corrected chi connectivity index (χ0v) is 21.1. The summed E-state index contributed by atoms with van der Waals surface area (Å²) in [5.74, 6) is 2.43. The summed E-state index contributed by atoms with van der Waals surface area (Å²) < 4.78 is 15.6. The van der Waals surface area contributed by atoms with Crippen LogP contribution in [0.2, 0.25) is 0 Å². The Morgan fingerprint density at radius 2 is 1.24 bits per heavy atom. The lowest BCUT2D eigenvalue weighted by molar-refractivity contribution is 0.0793. The standard InChI is InChI=1S/C32H45F/c1-3-5-6-8-26-9-11-27(12-10-26)28-13-15-29(16-14-28)30-17-19-31(20-18-30)32(33)23-21-25(7-4-2)22-24-32/h13-20,25-27H,3-12,21-24H2,1-2H3. The molecule has 0 saturated heterocycles. The summed E-state index contributed by atoms with van der Waals surface area (Å²) in [5, 5.41) is 0. The summed E-state index contributed by atoms with van der Waals surface area (Å²) in [5.41, 5.74) is 3.72. The molecule has 0 aromatic heterocycles. The van der Waals surface area contributed by atoms with Crippen molar-refractivity contribution in [2.24, 2.45) is 11.8 Å². The molecule has 2 fully saturated rings. The highest BCUT2D eigenvalue weighted by Gasteiger charge is 2.36. The van der Waals surface area contributed by atoms with Crippen LogP contribution in [0.1, 0.15) is 121 Å². The van der Waals surface area contributed by atoms with E-state index in [0.29, 0.717) is 12.8 Å². The number of hydrogen-bond acceptors (Lipinski definition) is 0. The van der Waals surface area contributed by atoms with Crippen molar-refractivity contribution in [2.75, 3.05) is 0 Å². The van der Waals surface area contributed by atoms with Gasteiger partial charge in [-0.2, -0.15) is 0 Å². The molecule has 0 nitrogen and oxygen atoms in total. The maximum absolute atomic E-state index is 15.6. The molecule has 2 saturated carbocycles. The molecule has 0 atom stereocenters. The van der Waals surface area contributed by atoms with Crippen LogP contribution in [0.5, 0.6) is 0 Å². The van der Waals surface area contributed by atoms with Crippen LogP contribution in [-0.2, 0) is 5.67 Å². The Balaban J connectivity index is 1.32. The maximum Gasteiger partial charge on any atom is 0.136 e. The molecule has 0 aliphatic heterocycles. The third-order valence-corrected chi connectivity index (χ3v) is 8.77. The van der Waals surface area contributed by atoms with Crippen molar-refractivity contribution in [3.05, 3.63) is 59.7 Å². The molecule has 0 radical (unpaired) electrons. The molecule has 0 bridgehead atoms. The van der Waals surface area contributed by atoms with Gasteiger partial charge in [0.15, 0.2) is 0 Å². The van der Waals surface area contributed by atoms with Gasteiger partial charge in [0.1, 0.15) is 5.67 Å².